The van der Waals surface area contributed by atoms with Crippen LogP contribution in [0.2, 0.25) is 0 Å². The summed E-state index contributed by atoms with van der Waals surface area (Å²) >= 11 is 5.19. The van der Waals surface area contributed by atoms with Gasteiger partial charge in [0.05, 0.1) is 0 Å². The van der Waals surface area contributed by atoms with Gasteiger partial charge in [0.25, 0.3) is 0 Å². The lowest BCUT2D eigenvalue weighted by Crippen LogP contribution is -1.66. The molecule has 0 aliphatic rings. The van der Waals surface area contributed by atoms with Crippen LogP contribution in [0.25, 0.3) is 0 Å². The maximum absolute atomic E-state index is 8.88. The molecule has 0 aliphatic carbocycles. The van der Waals surface area contributed by atoms with Crippen LogP contribution < -0.4 is 0 Å². The van der Waals surface area contributed by atoms with E-state index < -0.39 is 23.5 Å². The Morgan fingerprint density at radius 2 is 0.737 bits per heavy atom. The number of hydrogen-bond acceptors (Lipinski definition) is 3. The molecular formula is C3H16ClO12P3. The van der Waals surface area contributed by atoms with Crippen LogP contribution in [0.15, 0.2) is 0 Å². The second-order valence-electron chi connectivity index (χ2n) is 2.23. The first-order chi connectivity index (χ1) is 7.91. The number of halogens is 1. The Labute approximate surface area is 113 Å². The third-order valence-corrected chi connectivity index (χ3v) is 0.567. The fourth-order valence-corrected chi connectivity index (χ4v) is 0. The van der Waals surface area contributed by atoms with Crippen LogP contribution in [0.1, 0.15) is 13.3 Å². The van der Waals surface area contributed by atoms with Crippen molar-refractivity contribution in [2.24, 2.45) is 0 Å². The van der Waals surface area contributed by atoms with Crippen LogP contribution >= 0.6 is 35.1 Å². The second kappa shape index (κ2) is 13.6. The second-order valence-corrected chi connectivity index (χ2v) is 5.69. The van der Waals surface area contributed by atoms with Crippen LogP contribution in [0.3, 0.4) is 0 Å². The van der Waals surface area contributed by atoms with Crippen molar-refractivity contribution in [3.8, 4) is 0 Å². The van der Waals surface area contributed by atoms with E-state index in [2.05, 4.69) is 0 Å². The summed E-state index contributed by atoms with van der Waals surface area (Å²) in [6.45, 7) is 2.05. The Morgan fingerprint density at radius 1 is 0.684 bits per heavy atom. The number of alkyl halides is 1. The maximum Gasteiger partial charge on any atom is 0.466 e. The standard InChI is InChI=1S/C3H7Cl.3H3O4P/c1-2-3-4;3*1-5(2,3)4/h2-3H2,1H3;3*(H3,1,2,3,4). The van der Waals surface area contributed by atoms with Crippen molar-refractivity contribution in [3.05, 3.63) is 0 Å². The molecule has 122 valence electrons. The van der Waals surface area contributed by atoms with Crippen molar-refractivity contribution in [2.75, 3.05) is 5.88 Å². The van der Waals surface area contributed by atoms with E-state index in [-0.39, 0.29) is 0 Å². The molecule has 12 nitrogen and oxygen atoms in total. The van der Waals surface area contributed by atoms with E-state index >= 15 is 0 Å². The van der Waals surface area contributed by atoms with E-state index in [0.29, 0.717) is 0 Å². The van der Waals surface area contributed by atoms with Crippen LogP contribution in [0.5, 0.6) is 0 Å². The summed E-state index contributed by atoms with van der Waals surface area (Å²) in [6.07, 6.45) is 1.08. The average Bonchev–Trinajstić information content (AvgIpc) is 1.93. The van der Waals surface area contributed by atoms with E-state index in [1.54, 1.807) is 0 Å². The minimum atomic E-state index is -4.64. The molecule has 0 heterocycles. The molecule has 0 amide bonds. The average molecular weight is 373 g/mol. The van der Waals surface area contributed by atoms with Gasteiger partial charge in [-0.3, -0.25) is 0 Å². The van der Waals surface area contributed by atoms with Crippen LogP contribution in [-0.4, -0.2) is 49.9 Å². The molecule has 0 unspecified atom stereocenters. The van der Waals surface area contributed by atoms with Gasteiger partial charge in [-0.25, -0.2) is 13.7 Å². The molecule has 0 spiro atoms. The van der Waals surface area contributed by atoms with Crippen LogP contribution in [-0.2, 0) is 13.7 Å². The van der Waals surface area contributed by atoms with Crippen molar-refractivity contribution < 1.29 is 57.7 Å². The van der Waals surface area contributed by atoms with E-state index in [9.17, 15) is 0 Å². The van der Waals surface area contributed by atoms with Gasteiger partial charge in [-0.1, -0.05) is 6.92 Å². The van der Waals surface area contributed by atoms with Gasteiger partial charge in [0.2, 0.25) is 0 Å². The fraction of sp³-hybridized carbons (Fsp3) is 1.00. The smallest absolute Gasteiger partial charge is 0.303 e. The monoisotopic (exact) mass is 372 g/mol. The molecule has 0 aromatic carbocycles. The number of rotatable bonds is 1. The molecule has 9 N–H and O–H groups in total. The van der Waals surface area contributed by atoms with Crippen molar-refractivity contribution in [2.45, 2.75) is 13.3 Å². The molecule has 0 saturated carbocycles. The van der Waals surface area contributed by atoms with Crippen molar-refractivity contribution >= 4 is 35.1 Å². The summed E-state index contributed by atoms with van der Waals surface area (Å²) in [5.41, 5.74) is 0. The largest absolute Gasteiger partial charge is 0.466 e. The molecule has 19 heavy (non-hydrogen) atoms. The topological polar surface area (TPSA) is 233 Å². The molecule has 0 rings (SSSR count). The van der Waals surface area contributed by atoms with Gasteiger partial charge in [0, 0.05) is 5.88 Å². The summed E-state index contributed by atoms with van der Waals surface area (Å²) in [7, 11) is -13.9. The Bertz CT molecular complexity index is 238. The molecule has 0 saturated heterocycles. The normalized spacial score (nSPS) is 10.9. The highest BCUT2D eigenvalue weighted by molar-refractivity contribution is 7.45. The predicted molar refractivity (Wildman–Crippen MR) is 63.8 cm³/mol. The molecule has 0 radical (unpaired) electrons. The zero-order valence-corrected chi connectivity index (χ0v) is 12.8. The van der Waals surface area contributed by atoms with E-state index in [0.717, 1.165) is 12.3 Å². The highest BCUT2D eigenvalue weighted by Crippen LogP contribution is 2.26. The summed E-state index contributed by atoms with van der Waals surface area (Å²) in [5, 5.41) is 0. The summed E-state index contributed by atoms with van der Waals surface area (Å²) < 4.78 is 26.6. The van der Waals surface area contributed by atoms with Crippen molar-refractivity contribution in [3.63, 3.8) is 0 Å². The molecule has 0 atom stereocenters. The van der Waals surface area contributed by atoms with Crippen LogP contribution in [0.4, 0.5) is 0 Å². The highest BCUT2D eigenvalue weighted by atomic mass is 35.5. The predicted octanol–water partition coefficient (Wildman–Crippen LogP) is -1.15. The first-order valence-corrected chi connectivity index (χ1v) is 9.05. The molecule has 16 heteroatoms. The van der Waals surface area contributed by atoms with Crippen molar-refractivity contribution in [1.29, 1.82) is 0 Å². The van der Waals surface area contributed by atoms with Crippen molar-refractivity contribution in [1.82, 2.24) is 0 Å². The number of phosphoric acid groups is 3. The van der Waals surface area contributed by atoms with Crippen LogP contribution in [0, 0.1) is 0 Å². The lowest BCUT2D eigenvalue weighted by Gasteiger charge is -1.82. The van der Waals surface area contributed by atoms with Gasteiger partial charge in [-0.05, 0) is 6.42 Å². The quantitative estimate of drug-likeness (QED) is 0.196. The minimum Gasteiger partial charge on any atom is -0.303 e. The lowest BCUT2D eigenvalue weighted by molar-refractivity contribution is 0.272. The summed E-state index contributed by atoms with van der Waals surface area (Å²) in [6, 6.07) is 0. The summed E-state index contributed by atoms with van der Waals surface area (Å²) in [5.74, 6) is 0.792. The highest BCUT2D eigenvalue weighted by Gasteiger charge is 2.01. The third kappa shape index (κ3) is 1960. The summed E-state index contributed by atoms with van der Waals surface area (Å²) in [4.78, 5) is 64.7. The Hall–Kier alpha value is 0.620. The van der Waals surface area contributed by atoms with E-state index in [1.807, 2.05) is 6.92 Å². The third-order valence-electron chi connectivity index (χ3n) is 0.189. The SMILES string of the molecule is CCCCl.O=P(O)(O)O.O=P(O)(O)O.O=P(O)(O)O. The fourth-order valence-electron chi connectivity index (χ4n) is 0. The maximum atomic E-state index is 8.88. The Kier molecular flexibility index (Phi) is 20.0. The van der Waals surface area contributed by atoms with E-state index in [4.69, 9.17) is 69.3 Å². The van der Waals surface area contributed by atoms with Gasteiger partial charge in [-0.15, -0.1) is 11.6 Å². The minimum absolute atomic E-state index is 0.792. The molecule has 0 fully saturated rings. The lowest BCUT2D eigenvalue weighted by atomic mass is 10.6. The zero-order chi connectivity index (χ0) is 16.9. The first kappa shape index (κ1) is 27.9. The molecule has 0 aromatic heterocycles. The molecular weight excluding hydrogens is 356 g/mol. The molecule has 0 aliphatic heterocycles. The zero-order valence-electron chi connectivity index (χ0n) is 9.38. The van der Waals surface area contributed by atoms with Gasteiger partial charge >= 0.3 is 23.5 Å². The molecule has 0 aromatic rings. The van der Waals surface area contributed by atoms with Gasteiger partial charge < -0.3 is 44.0 Å². The Balaban J connectivity index is -0.0000000793. The van der Waals surface area contributed by atoms with Gasteiger partial charge in [-0.2, -0.15) is 0 Å². The number of hydrogen-bond donors (Lipinski definition) is 9. The van der Waals surface area contributed by atoms with Gasteiger partial charge in [0.1, 0.15) is 0 Å². The van der Waals surface area contributed by atoms with E-state index in [1.165, 1.54) is 0 Å². The first-order valence-electron chi connectivity index (χ1n) is 3.82. The Morgan fingerprint density at radius 3 is 0.737 bits per heavy atom. The van der Waals surface area contributed by atoms with Gasteiger partial charge in [0.15, 0.2) is 0 Å². The molecule has 0 bridgehead atoms.